The fraction of sp³-hybridized carbons (Fsp3) is 0.143. The summed E-state index contributed by atoms with van der Waals surface area (Å²) in [5.74, 6) is 0.684. The van der Waals surface area contributed by atoms with Gasteiger partial charge in [0.05, 0.1) is 17.3 Å². The van der Waals surface area contributed by atoms with Gasteiger partial charge in [-0.1, -0.05) is 0 Å². The summed E-state index contributed by atoms with van der Waals surface area (Å²) in [4.78, 5) is 28.3. The number of anilines is 1. The van der Waals surface area contributed by atoms with Crippen LogP contribution >= 0.6 is 0 Å². The van der Waals surface area contributed by atoms with E-state index in [-0.39, 0.29) is 11.6 Å². The van der Waals surface area contributed by atoms with Crippen LogP contribution in [0.25, 0.3) is 11.0 Å². The number of aromatic amines is 2. The van der Waals surface area contributed by atoms with Crippen LogP contribution in [0.1, 0.15) is 12.2 Å². The number of imidazole rings is 1. The highest BCUT2D eigenvalue weighted by molar-refractivity contribution is 5.93. The molecule has 20 heavy (non-hydrogen) atoms. The number of fused-ring (bicyclic) bond motifs is 1. The molecule has 0 bridgehead atoms. The molecule has 0 aliphatic carbocycles. The molecule has 2 aromatic heterocycles. The summed E-state index contributed by atoms with van der Waals surface area (Å²) in [7, 11) is 0. The van der Waals surface area contributed by atoms with Crippen molar-refractivity contribution in [2.75, 3.05) is 5.32 Å². The zero-order chi connectivity index (χ0) is 13.9. The molecular formula is C14H13N3O3. The van der Waals surface area contributed by atoms with Gasteiger partial charge in [-0.15, -0.1) is 0 Å². The van der Waals surface area contributed by atoms with Crippen LogP contribution in [-0.2, 0) is 11.2 Å². The van der Waals surface area contributed by atoms with Gasteiger partial charge in [-0.2, -0.15) is 0 Å². The van der Waals surface area contributed by atoms with Crippen LogP contribution in [0.5, 0.6) is 0 Å². The lowest BCUT2D eigenvalue weighted by atomic mass is 10.2. The quantitative estimate of drug-likeness (QED) is 0.678. The lowest BCUT2D eigenvalue weighted by Gasteiger charge is -2.04. The Balaban J connectivity index is 1.66. The number of aromatic nitrogens is 2. The molecule has 0 saturated carbocycles. The summed E-state index contributed by atoms with van der Waals surface area (Å²) in [6.45, 7) is 0. The van der Waals surface area contributed by atoms with Gasteiger partial charge in [0.1, 0.15) is 5.76 Å². The van der Waals surface area contributed by atoms with Crippen molar-refractivity contribution in [1.82, 2.24) is 9.97 Å². The molecule has 0 fully saturated rings. The number of hydrogen-bond acceptors (Lipinski definition) is 3. The van der Waals surface area contributed by atoms with Crippen molar-refractivity contribution < 1.29 is 9.21 Å². The first-order valence-corrected chi connectivity index (χ1v) is 6.25. The maximum atomic E-state index is 11.8. The molecule has 3 aromatic rings. The number of nitrogens with one attached hydrogen (secondary N) is 3. The third-order valence-corrected chi connectivity index (χ3v) is 2.98. The van der Waals surface area contributed by atoms with Crippen LogP contribution in [0.15, 0.2) is 45.8 Å². The van der Waals surface area contributed by atoms with E-state index in [0.717, 1.165) is 5.76 Å². The van der Waals surface area contributed by atoms with Crippen LogP contribution in [0.3, 0.4) is 0 Å². The van der Waals surface area contributed by atoms with E-state index in [0.29, 0.717) is 29.6 Å². The molecule has 102 valence electrons. The molecule has 0 aliphatic rings. The first kappa shape index (κ1) is 12.3. The average Bonchev–Trinajstić information content (AvgIpc) is 3.04. The fourth-order valence-corrected chi connectivity index (χ4v) is 2.03. The molecule has 6 nitrogen and oxygen atoms in total. The Morgan fingerprint density at radius 3 is 2.85 bits per heavy atom. The van der Waals surface area contributed by atoms with Gasteiger partial charge in [0, 0.05) is 18.5 Å². The van der Waals surface area contributed by atoms with E-state index in [1.165, 1.54) is 0 Å². The SMILES string of the molecule is O=C(CCc1ccco1)Nc1ccc2[nH]c(=O)[nH]c2c1. The third-order valence-electron chi connectivity index (χ3n) is 2.98. The summed E-state index contributed by atoms with van der Waals surface area (Å²) in [5.41, 5.74) is 1.76. The van der Waals surface area contributed by atoms with Gasteiger partial charge in [0.25, 0.3) is 0 Å². The zero-order valence-corrected chi connectivity index (χ0v) is 10.6. The highest BCUT2D eigenvalue weighted by Crippen LogP contribution is 2.15. The second-order valence-corrected chi connectivity index (χ2v) is 4.47. The Morgan fingerprint density at radius 1 is 1.20 bits per heavy atom. The number of hydrogen-bond donors (Lipinski definition) is 3. The molecule has 0 atom stereocenters. The first-order chi connectivity index (χ1) is 9.70. The Hall–Kier alpha value is -2.76. The number of furan rings is 1. The Morgan fingerprint density at radius 2 is 2.05 bits per heavy atom. The molecular weight excluding hydrogens is 258 g/mol. The number of carbonyl (C=O) groups is 1. The maximum absolute atomic E-state index is 11.8. The van der Waals surface area contributed by atoms with Crippen molar-refractivity contribution in [3.63, 3.8) is 0 Å². The van der Waals surface area contributed by atoms with Crippen LogP contribution < -0.4 is 11.0 Å². The van der Waals surface area contributed by atoms with Crippen molar-refractivity contribution in [3.8, 4) is 0 Å². The lowest BCUT2D eigenvalue weighted by molar-refractivity contribution is -0.116. The molecule has 6 heteroatoms. The molecule has 1 amide bonds. The highest BCUT2D eigenvalue weighted by atomic mass is 16.3. The monoisotopic (exact) mass is 271 g/mol. The van der Waals surface area contributed by atoms with Crippen molar-refractivity contribution in [2.45, 2.75) is 12.8 Å². The molecule has 1 aromatic carbocycles. The standard InChI is InChI=1S/C14H13N3O3/c18-13(6-4-10-2-1-7-20-10)15-9-3-5-11-12(8-9)17-14(19)16-11/h1-3,5,7-8H,4,6H2,(H,15,18)(H2,16,17,19). The fourth-order valence-electron chi connectivity index (χ4n) is 2.03. The van der Waals surface area contributed by atoms with Crippen molar-refractivity contribution in [1.29, 1.82) is 0 Å². The van der Waals surface area contributed by atoms with Gasteiger partial charge in [-0.05, 0) is 30.3 Å². The predicted molar refractivity (Wildman–Crippen MR) is 74.6 cm³/mol. The van der Waals surface area contributed by atoms with Gasteiger partial charge in [-0.25, -0.2) is 4.79 Å². The van der Waals surface area contributed by atoms with E-state index in [1.807, 2.05) is 6.07 Å². The minimum absolute atomic E-state index is 0.0985. The smallest absolute Gasteiger partial charge is 0.323 e. The van der Waals surface area contributed by atoms with Gasteiger partial charge in [0.2, 0.25) is 5.91 Å². The van der Waals surface area contributed by atoms with E-state index in [2.05, 4.69) is 15.3 Å². The Labute approximate surface area is 113 Å². The van der Waals surface area contributed by atoms with Gasteiger partial charge in [-0.3, -0.25) is 4.79 Å². The summed E-state index contributed by atoms with van der Waals surface area (Å²) in [5, 5.41) is 2.79. The van der Waals surface area contributed by atoms with Crippen molar-refractivity contribution >= 4 is 22.6 Å². The largest absolute Gasteiger partial charge is 0.469 e. The topological polar surface area (TPSA) is 90.9 Å². The van der Waals surface area contributed by atoms with Crippen LogP contribution in [0, 0.1) is 0 Å². The molecule has 0 aliphatic heterocycles. The summed E-state index contributed by atoms with van der Waals surface area (Å²) in [6.07, 6.45) is 2.49. The van der Waals surface area contributed by atoms with E-state index in [4.69, 9.17) is 4.42 Å². The summed E-state index contributed by atoms with van der Waals surface area (Å²) >= 11 is 0. The van der Waals surface area contributed by atoms with E-state index >= 15 is 0 Å². The van der Waals surface area contributed by atoms with Crippen LogP contribution in [0.2, 0.25) is 0 Å². The molecule has 0 spiro atoms. The lowest BCUT2D eigenvalue weighted by Crippen LogP contribution is -2.12. The second-order valence-electron chi connectivity index (χ2n) is 4.47. The predicted octanol–water partition coefficient (Wildman–Crippen LogP) is 2.02. The number of benzene rings is 1. The number of amides is 1. The van der Waals surface area contributed by atoms with Gasteiger partial charge in [0.15, 0.2) is 0 Å². The number of H-pyrrole nitrogens is 2. The minimum atomic E-state index is -0.263. The molecule has 3 N–H and O–H groups in total. The third kappa shape index (κ3) is 2.64. The number of rotatable bonds is 4. The van der Waals surface area contributed by atoms with Crippen molar-refractivity contribution in [2.24, 2.45) is 0 Å². The van der Waals surface area contributed by atoms with Gasteiger partial charge < -0.3 is 19.7 Å². The Bertz CT molecular complexity index is 783. The van der Waals surface area contributed by atoms with E-state index in [9.17, 15) is 9.59 Å². The molecule has 0 unspecified atom stereocenters. The zero-order valence-electron chi connectivity index (χ0n) is 10.6. The summed E-state index contributed by atoms with van der Waals surface area (Å²) in [6, 6.07) is 8.84. The van der Waals surface area contributed by atoms with Crippen LogP contribution in [-0.4, -0.2) is 15.9 Å². The molecule has 3 rings (SSSR count). The van der Waals surface area contributed by atoms with Gasteiger partial charge >= 0.3 is 5.69 Å². The average molecular weight is 271 g/mol. The second kappa shape index (κ2) is 5.08. The molecule has 0 saturated heterocycles. The number of aryl methyl sites for hydroxylation is 1. The normalized spacial score (nSPS) is 10.8. The van der Waals surface area contributed by atoms with Crippen molar-refractivity contribution in [3.05, 3.63) is 52.8 Å². The number of carbonyl (C=O) groups excluding carboxylic acids is 1. The van der Waals surface area contributed by atoms with E-state index < -0.39 is 0 Å². The van der Waals surface area contributed by atoms with Crippen LogP contribution in [0.4, 0.5) is 5.69 Å². The van der Waals surface area contributed by atoms with E-state index in [1.54, 1.807) is 30.5 Å². The first-order valence-electron chi connectivity index (χ1n) is 6.25. The highest BCUT2D eigenvalue weighted by Gasteiger charge is 2.06. The molecule has 0 radical (unpaired) electrons. The molecule has 2 heterocycles. The maximum Gasteiger partial charge on any atom is 0.323 e. The minimum Gasteiger partial charge on any atom is -0.469 e. The summed E-state index contributed by atoms with van der Waals surface area (Å²) < 4.78 is 5.17. The Kier molecular flexibility index (Phi) is 3.12.